The maximum Gasteiger partial charge on any atom is 0.435 e. The summed E-state index contributed by atoms with van der Waals surface area (Å²) >= 11 is 5.89. The van der Waals surface area contributed by atoms with Crippen molar-refractivity contribution >= 4 is 23.0 Å². The van der Waals surface area contributed by atoms with Crippen LogP contribution in [0.4, 0.5) is 24.5 Å². The summed E-state index contributed by atoms with van der Waals surface area (Å²) in [5.74, 6) is 0.231. The first kappa shape index (κ1) is 14.4. The summed E-state index contributed by atoms with van der Waals surface area (Å²) in [6, 6.07) is 4.05. The van der Waals surface area contributed by atoms with Gasteiger partial charge in [0.05, 0.1) is 29.7 Å². The molecule has 0 radical (unpaired) electrons. The Morgan fingerprint density at radius 1 is 1.25 bits per heavy atom. The molecule has 0 amide bonds. The standard InChI is InChI=1S/C12H9ClF3N3O/c1-20-10-5-9(7(13)6-18-10)19-8-3-2-4-17-11(8)12(14,15)16/h2-6H,1H3,(H,18,19). The number of anilines is 2. The van der Waals surface area contributed by atoms with E-state index in [4.69, 9.17) is 16.3 Å². The van der Waals surface area contributed by atoms with Crippen LogP contribution >= 0.6 is 11.6 Å². The number of rotatable bonds is 3. The first-order valence-corrected chi connectivity index (χ1v) is 5.78. The molecule has 2 rings (SSSR count). The van der Waals surface area contributed by atoms with E-state index >= 15 is 0 Å². The number of nitrogens with one attached hydrogen (secondary N) is 1. The van der Waals surface area contributed by atoms with Crippen molar-refractivity contribution in [2.75, 3.05) is 12.4 Å². The van der Waals surface area contributed by atoms with Crippen LogP contribution in [0.2, 0.25) is 5.02 Å². The summed E-state index contributed by atoms with van der Waals surface area (Å²) in [6.07, 6.45) is -2.21. The SMILES string of the molecule is COc1cc(Nc2cccnc2C(F)(F)F)c(Cl)cn1. The molecule has 0 spiro atoms. The van der Waals surface area contributed by atoms with Crippen LogP contribution in [0.15, 0.2) is 30.6 Å². The fourth-order valence-corrected chi connectivity index (χ4v) is 1.65. The molecule has 1 N–H and O–H groups in total. The number of pyridine rings is 2. The van der Waals surface area contributed by atoms with Crippen LogP contribution in [0, 0.1) is 0 Å². The van der Waals surface area contributed by atoms with E-state index in [2.05, 4.69) is 15.3 Å². The van der Waals surface area contributed by atoms with E-state index < -0.39 is 11.9 Å². The third-order valence-corrected chi connectivity index (χ3v) is 2.69. The summed E-state index contributed by atoms with van der Waals surface area (Å²) in [5, 5.41) is 2.76. The minimum Gasteiger partial charge on any atom is -0.481 e. The van der Waals surface area contributed by atoms with Crippen LogP contribution in [0.25, 0.3) is 0 Å². The smallest absolute Gasteiger partial charge is 0.435 e. The highest BCUT2D eigenvalue weighted by molar-refractivity contribution is 6.33. The lowest BCUT2D eigenvalue weighted by Crippen LogP contribution is -2.11. The van der Waals surface area contributed by atoms with E-state index in [0.29, 0.717) is 0 Å². The largest absolute Gasteiger partial charge is 0.481 e. The highest BCUT2D eigenvalue weighted by Gasteiger charge is 2.35. The quantitative estimate of drug-likeness (QED) is 0.934. The van der Waals surface area contributed by atoms with Gasteiger partial charge in [0, 0.05) is 12.3 Å². The third kappa shape index (κ3) is 3.11. The molecule has 0 saturated heterocycles. The summed E-state index contributed by atoms with van der Waals surface area (Å²) in [5.41, 5.74) is -0.973. The number of ether oxygens (including phenoxy) is 1. The zero-order valence-electron chi connectivity index (χ0n) is 10.2. The normalized spacial score (nSPS) is 11.2. The molecule has 0 saturated carbocycles. The Hall–Kier alpha value is -2.02. The van der Waals surface area contributed by atoms with Gasteiger partial charge in [-0.1, -0.05) is 11.6 Å². The number of hydrogen-bond donors (Lipinski definition) is 1. The van der Waals surface area contributed by atoms with E-state index in [1.54, 1.807) is 0 Å². The Morgan fingerprint density at radius 3 is 2.65 bits per heavy atom. The average molecular weight is 304 g/mol. The minimum absolute atomic E-state index is 0.169. The lowest BCUT2D eigenvalue weighted by atomic mass is 10.2. The number of hydrogen-bond acceptors (Lipinski definition) is 4. The van der Waals surface area contributed by atoms with E-state index in [1.807, 2.05) is 0 Å². The Morgan fingerprint density at radius 2 is 2.00 bits per heavy atom. The van der Waals surface area contributed by atoms with Crippen molar-refractivity contribution in [3.05, 3.63) is 41.3 Å². The van der Waals surface area contributed by atoms with Crippen LogP contribution < -0.4 is 10.1 Å². The number of methoxy groups -OCH3 is 1. The van der Waals surface area contributed by atoms with Gasteiger partial charge in [-0.15, -0.1) is 0 Å². The van der Waals surface area contributed by atoms with Crippen LogP contribution in [-0.2, 0) is 6.18 Å². The molecule has 0 aliphatic carbocycles. The van der Waals surface area contributed by atoms with Crippen molar-refractivity contribution in [2.24, 2.45) is 0 Å². The number of halogens is 4. The van der Waals surface area contributed by atoms with E-state index in [-0.39, 0.29) is 22.3 Å². The van der Waals surface area contributed by atoms with Gasteiger partial charge in [0.25, 0.3) is 0 Å². The van der Waals surface area contributed by atoms with Crippen LogP contribution in [0.1, 0.15) is 5.69 Å². The van der Waals surface area contributed by atoms with E-state index in [1.165, 1.54) is 31.5 Å². The highest BCUT2D eigenvalue weighted by Crippen LogP contribution is 2.35. The second-order valence-electron chi connectivity index (χ2n) is 3.73. The molecule has 0 aliphatic heterocycles. The lowest BCUT2D eigenvalue weighted by Gasteiger charge is -2.14. The molecule has 106 valence electrons. The fraction of sp³-hybridized carbons (Fsp3) is 0.167. The van der Waals surface area contributed by atoms with Gasteiger partial charge in [0.15, 0.2) is 5.69 Å². The second-order valence-corrected chi connectivity index (χ2v) is 4.14. The van der Waals surface area contributed by atoms with Crippen LogP contribution in [0.3, 0.4) is 0 Å². The molecule has 4 nitrogen and oxygen atoms in total. The predicted molar refractivity (Wildman–Crippen MR) is 68.3 cm³/mol. The molecule has 0 unspecified atom stereocenters. The van der Waals surface area contributed by atoms with E-state index in [9.17, 15) is 13.2 Å². The Bertz CT molecular complexity index is 619. The Labute approximate surface area is 117 Å². The van der Waals surface area contributed by atoms with Gasteiger partial charge in [-0.25, -0.2) is 9.97 Å². The number of alkyl halides is 3. The fourth-order valence-electron chi connectivity index (χ4n) is 1.50. The zero-order chi connectivity index (χ0) is 14.8. The third-order valence-electron chi connectivity index (χ3n) is 2.38. The summed E-state index contributed by atoms with van der Waals surface area (Å²) in [6.45, 7) is 0. The molecule has 2 aromatic rings. The Kier molecular flexibility index (Phi) is 3.99. The van der Waals surface area contributed by atoms with Gasteiger partial charge in [-0.05, 0) is 12.1 Å². The summed E-state index contributed by atoms with van der Waals surface area (Å²) in [7, 11) is 1.39. The van der Waals surface area contributed by atoms with Gasteiger partial charge in [-0.3, -0.25) is 0 Å². The molecule has 2 aromatic heterocycles. The van der Waals surface area contributed by atoms with Gasteiger partial charge in [-0.2, -0.15) is 13.2 Å². The topological polar surface area (TPSA) is 47.0 Å². The van der Waals surface area contributed by atoms with Crippen molar-refractivity contribution < 1.29 is 17.9 Å². The zero-order valence-corrected chi connectivity index (χ0v) is 11.0. The van der Waals surface area contributed by atoms with Gasteiger partial charge in [0.1, 0.15) is 0 Å². The molecule has 0 aliphatic rings. The second kappa shape index (κ2) is 5.54. The number of nitrogens with zero attached hydrogens (tertiary/aromatic N) is 2. The molecular weight excluding hydrogens is 295 g/mol. The van der Waals surface area contributed by atoms with Gasteiger partial charge < -0.3 is 10.1 Å². The van der Waals surface area contributed by atoms with E-state index in [0.717, 1.165) is 6.20 Å². The molecule has 0 aromatic carbocycles. The monoisotopic (exact) mass is 303 g/mol. The van der Waals surface area contributed by atoms with Crippen LogP contribution in [-0.4, -0.2) is 17.1 Å². The molecular formula is C12H9ClF3N3O. The maximum atomic E-state index is 12.8. The highest BCUT2D eigenvalue weighted by atomic mass is 35.5. The molecule has 0 fully saturated rings. The van der Waals surface area contributed by atoms with Gasteiger partial charge >= 0.3 is 6.18 Å². The maximum absolute atomic E-state index is 12.8. The van der Waals surface area contributed by atoms with Crippen LogP contribution in [0.5, 0.6) is 5.88 Å². The molecule has 0 atom stereocenters. The first-order valence-electron chi connectivity index (χ1n) is 5.40. The van der Waals surface area contributed by atoms with Crippen molar-refractivity contribution in [1.82, 2.24) is 9.97 Å². The molecule has 20 heavy (non-hydrogen) atoms. The van der Waals surface area contributed by atoms with Crippen molar-refractivity contribution in [3.63, 3.8) is 0 Å². The molecule has 0 bridgehead atoms. The number of aromatic nitrogens is 2. The average Bonchev–Trinajstić information content (AvgIpc) is 2.41. The first-order chi connectivity index (χ1) is 9.41. The minimum atomic E-state index is -4.56. The van der Waals surface area contributed by atoms with Gasteiger partial charge in [0.2, 0.25) is 5.88 Å². The molecule has 2 heterocycles. The summed E-state index contributed by atoms with van der Waals surface area (Å²) < 4.78 is 43.4. The van der Waals surface area contributed by atoms with Crippen molar-refractivity contribution in [3.8, 4) is 5.88 Å². The Balaban J connectivity index is 2.40. The summed E-state index contributed by atoms with van der Waals surface area (Å²) in [4.78, 5) is 7.18. The predicted octanol–water partition coefficient (Wildman–Crippen LogP) is 3.90. The van der Waals surface area contributed by atoms with Crippen molar-refractivity contribution in [2.45, 2.75) is 6.18 Å². The van der Waals surface area contributed by atoms with Crippen molar-refractivity contribution in [1.29, 1.82) is 0 Å². The lowest BCUT2D eigenvalue weighted by molar-refractivity contribution is -0.140. The molecule has 8 heteroatoms.